The molecule has 0 saturated heterocycles. The Balaban J connectivity index is 0.00000261. The van der Waals surface area contributed by atoms with E-state index in [4.69, 9.17) is 0 Å². The monoisotopic (exact) mass is 394 g/mol. The van der Waals surface area contributed by atoms with E-state index in [1.807, 2.05) is 0 Å². The summed E-state index contributed by atoms with van der Waals surface area (Å²) < 4.78 is 38.6. The number of hydrogen-bond acceptors (Lipinski definition) is 4. The van der Waals surface area contributed by atoms with E-state index in [-0.39, 0.29) is 24.0 Å². The van der Waals surface area contributed by atoms with Crippen LogP contribution < -0.4 is 10.6 Å². The van der Waals surface area contributed by atoms with Crippen molar-refractivity contribution in [3.63, 3.8) is 0 Å². The van der Waals surface area contributed by atoms with Gasteiger partial charge in [-0.05, 0) is 42.5 Å². The van der Waals surface area contributed by atoms with Gasteiger partial charge in [0.15, 0.2) is 0 Å². The summed E-state index contributed by atoms with van der Waals surface area (Å²) in [5, 5.41) is 6.03. The molecule has 2 N–H and O–H groups in total. The third-order valence-electron chi connectivity index (χ3n) is 3.54. The molecule has 5 nitrogen and oxygen atoms in total. The number of hydrogen-bond donors (Lipinski definition) is 2. The van der Waals surface area contributed by atoms with Gasteiger partial charge in [0.1, 0.15) is 12.1 Å². The molecule has 0 aliphatic heterocycles. The highest BCUT2D eigenvalue weighted by Gasteiger charge is 2.30. The van der Waals surface area contributed by atoms with Crippen molar-refractivity contribution >= 4 is 46.4 Å². The molecule has 0 saturated carbocycles. The van der Waals surface area contributed by atoms with Gasteiger partial charge in [0.2, 0.25) is 5.91 Å². The van der Waals surface area contributed by atoms with Crippen molar-refractivity contribution in [3.05, 3.63) is 67.0 Å². The Kier molecular flexibility index (Phi) is 6.02. The molecular formula is C18H14ClF3N4O. The van der Waals surface area contributed by atoms with E-state index in [2.05, 4.69) is 27.2 Å². The fourth-order valence-corrected chi connectivity index (χ4v) is 2.34. The van der Waals surface area contributed by atoms with Crippen LogP contribution >= 0.6 is 12.4 Å². The van der Waals surface area contributed by atoms with Gasteiger partial charge in [-0.1, -0.05) is 12.6 Å². The van der Waals surface area contributed by atoms with Gasteiger partial charge in [-0.2, -0.15) is 13.2 Å². The molecule has 0 aliphatic rings. The van der Waals surface area contributed by atoms with Crippen molar-refractivity contribution in [1.82, 2.24) is 9.97 Å². The van der Waals surface area contributed by atoms with Crippen molar-refractivity contribution in [2.75, 3.05) is 10.6 Å². The molecule has 0 radical (unpaired) electrons. The molecule has 0 unspecified atom stereocenters. The second-order valence-electron chi connectivity index (χ2n) is 5.35. The maximum Gasteiger partial charge on any atom is 0.416 e. The van der Waals surface area contributed by atoms with Crippen molar-refractivity contribution in [3.8, 4) is 0 Å². The number of rotatable bonds is 4. The van der Waals surface area contributed by atoms with Crippen LogP contribution in [0.3, 0.4) is 0 Å². The summed E-state index contributed by atoms with van der Waals surface area (Å²) in [4.78, 5) is 19.7. The molecule has 0 fully saturated rings. The number of halogens is 4. The summed E-state index contributed by atoms with van der Waals surface area (Å²) in [7, 11) is 0. The lowest BCUT2D eigenvalue weighted by molar-refractivity contribution is -0.137. The zero-order valence-electron chi connectivity index (χ0n) is 13.7. The number of anilines is 3. The van der Waals surface area contributed by atoms with Gasteiger partial charge in [-0.3, -0.25) is 4.79 Å². The molecular weight excluding hydrogens is 381 g/mol. The standard InChI is InChI=1S/C18H13F3N4O.ClH/c1-2-16(26)24-13-6-7-15-14(9-13)17(23-10-22-15)25-12-5-3-4-11(8-12)18(19,20)21;/h2-10H,1H2,(H,24,26)(H,22,23,25);1H. The average Bonchev–Trinajstić information content (AvgIpc) is 2.61. The first-order valence-corrected chi connectivity index (χ1v) is 7.49. The number of benzene rings is 2. The minimum atomic E-state index is -4.44. The van der Waals surface area contributed by atoms with Gasteiger partial charge < -0.3 is 10.6 Å². The Labute approximate surface area is 158 Å². The van der Waals surface area contributed by atoms with Gasteiger partial charge in [-0.15, -0.1) is 12.4 Å². The number of amides is 1. The Bertz CT molecular complexity index is 992. The zero-order chi connectivity index (χ0) is 18.7. The van der Waals surface area contributed by atoms with E-state index < -0.39 is 11.7 Å². The third-order valence-corrected chi connectivity index (χ3v) is 3.54. The Hall–Kier alpha value is -3.13. The Morgan fingerprint density at radius 1 is 1.07 bits per heavy atom. The minimum Gasteiger partial charge on any atom is -0.340 e. The summed E-state index contributed by atoms with van der Waals surface area (Å²) >= 11 is 0. The molecule has 0 atom stereocenters. The van der Waals surface area contributed by atoms with Crippen LogP contribution in [0.15, 0.2) is 61.4 Å². The van der Waals surface area contributed by atoms with Crippen LogP contribution in [-0.4, -0.2) is 15.9 Å². The number of alkyl halides is 3. The van der Waals surface area contributed by atoms with Crippen LogP contribution in [0.25, 0.3) is 10.9 Å². The maximum absolute atomic E-state index is 12.9. The van der Waals surface area contributed by atoms with E-state index >= 15 is 0 Å². The summed E-state index contributed by atoms with van der Waals surface area (Å²) in [5.41, 5.74) is 0.538. The molecule has 2 aromatic carbocycles. The van der Waals surface area contributed by atoms with E-state index in [0.29, 0.717) is 22.4 Å². The summed E-state index contributed by atoms with van der Waals surface area (Å²) in [6.07, 6.45) is -2.00. The zero-order valence-corrected chi connectivity index (χ0v) is 14.6. The highest BCUT2D eigenvalue weighted by Crippen LogP contribution is 2.32. The number of nitrogens with zero attached hydrogens (tertiary/aromatic N) is 2. The predicted octanol–water partition coefficient (Wildman–Crippen LogP) is 4.94. The molecule has 27 heavy (non-hydrogen) atoms. The number of carbonyl (C=O) groups excluding carboxylic acids is 1. The molecule has 9 heteroatoms. The number of aromatic nitrogens is 2. The van der Waals surface area contributed by atoms with Crippen LogP contribution in [0.1, 0.15) is 5.56 Å². The predicted molar refractivity (Wildman–Crippen MR) is 100 cm³/mol. The molecule has 1 aromatic heterocycles. The van der Waals surface area contributed by atoms with Gasteiger partial charge in [0.05, 0.1) is 11.1 Å². The highest BCUT2D eigenvalue weighted by atomic mass is 35.5. The van der Waals surface area contributed by atoms with Crippen molar-refractivity contribution in [1.29, 1.82) is 0 Å². The molecule has 1 heterocycles. The fraction of sp³-hybridized carbons (Fsp3) is 0.0556. The van der Waals surface area contributed by atoms with Crippen LogP contribution in [0.2, 0.25) is 0 Å². The lowest BCUT2D eigenvalue weighted by Gasteiger charge is -2.12. The maximum atomic E-state index is 12.9. The van der Waals surface area contributed by atoms with Gasteiger partial charge in [0.25, 0.3) is 0 Å². The Morgan fingerprint density at radius 3 is 2.56 bits per heavy atom. The normalized spacial score (nSPS) is 10.8. The quantitative estimate of drug-likeness (QED) is 0.615. The van der Waals surface area contributed by atoms with Crippen LogP contribution in [0, 0.1) is 0 Å². The second-order valence-corrected chi connectivity index (χ2v) is 5.35. The summed E-state index contributed by atoms with van der Waals surface area (Å²) in [6, 6.07) is 9.77. The van der Waals surface area contributed by atoms with E-state index in [0.717, 1.165) is 18.2 Å². The molecule has 3 aromatic rings. The highest BCUT2D eigenvalue weighted by molar-refractivity contribution is 6.01. The molecule has 0 aliphatic carbocycles. The summed E-state index contributed by atoms with van der Waals surface area (Å²) in [6.45, 7) is 3.38. The largest absolute Gasteiger partial charge is 0.416 e. The first kappa shape index (κ1) is 20.2. The van der Waals surface area contributed by atoms with E-state index in [1.165, 1.54) is 18.5 Å². The molecule has 0 spiro atoms. The average molecular weight is 395 g/mol. The van der Waals surface area contributed by atoms with Crippen molar-refractivity contribution in [2.45, 2.75) is 6.18 Å². The van der Waals surface area contributed by atoms with Crippen molar-refractivity contribution in [2.24, 2.45) is 0 Å². The smallest absolute Gasteiger partial charge is 0.340 e. The number of nitrogens with one attached hydrogen (secondary N) is 2. The lowest BCUT2D eigenvalue weighted by Crippen LogP contribution is -2.07. The van der Waals surface area contributed by atoms with E-state index in [9.17, 15) is 18.0 Å². The summed E-state index contributed by atoms with van der Waals surface area (Å²) in [5.74, 6) is -0.0578. The second kappa shape index (κ2) is 8.05. The molecule has 3 rings (SSSR count). The van der Waals surface area contributed by atoms with Crippen molar-refractivity contribution < 1.29 is 18.0 Å². The first-order chi connectivity index (χ1) is 12.4. The SMILES string of the molecule is C=CC(=O)Nc1ccc2ncnc(Nc3cccc(C(F)(F)F)c3)c2c1.Cl. The van der Waals surface area contributed by atoms with Gasteiger partial charge in [0, 0.05) is 16.8 Å². The number of carbonyl (C=O) groups is 1. The molecule has 0 bridgehead atoms. The topological polar surface area (TPSA) is 66.9 Å². The first-order valence-electron chi connectivity index (χ1n) is 7.49. The van der Waals surface area contributed by atoms with Crippen LogP contribution in [0.4, 0.5) is 30.4 Å². The lowest BCUT2D eigenvalue weighted by atomic mass is 10.1. The van der Waals surface area contributed by atoms with Gasteiger partial charge in [-0.25, -0.2) is 9.97 Å². The molecule has 1 amide bonds. The van der Waals surface area contributed by atoms with Crippen LogP contribution in [0.5, 0.6) is 0 Å². The number of fused-ring (bicyclic) bond motifs is 1. The van der Waals surface area contributed by atoms with Crippen LogP contribution in [-0.2, 0) is 11.0 Å². The third kappa shape index (κ3) is 4.73. The molecule has 140 valence electrons. The van der Waals surface area contributed by atoms with Gasteiger partial charge >= 0.3 is 6.18 Å². The minimum absolute atomic E-state index is 0. The van der Waals surface area contributed by atoms with E-state index in [1.54, 1.807) is 18.2 Å². The fourth-order valence-electron chi connectivity index (χ4n) is 2.34. The Morgan fingerprint density at radius 2 is 1.85 bits per heavy atom.